The number of hydrogen-bond acceptors (Lipinski definition) is 3. The van der Waals surface area contributed by atoms with Crippen LogP contribution >= 0.6 is 11.8 Å². The SMILES string of the molecule is Cc1ccccc1CSCC(C)(N)CO. The average molecular weight is 225 g/mol. The number of aliphatic hydroxyl groups is 1. The van der Waals surface area contributed by atoms with Gasteiger partial charge in [-0.25, -0.2) is 0 Å². The van der Waals surface area contributed by atoms with Gasteiger partial charge in [-0.15, -0.1) is 0 Å². The maximum atomic E-state index is 9.01. The third kappa shape index (κ3) is 4.24. The van der Waals surface area contributed by atoms with Crippen molar-refractivity contribution in [1.82, 2.24) is 0 Å². The van der Waals surface area contributed by atoms with Gasteiger partial charge in [0.15, 0.2) is 0 Å². The number of aryl methyl sites for hydroxylation is 1. The Balaban J connectivity index is 2.42. The van der Waals surface area contributed by atoms with E-state index in [4.69, 9.17) is 10.8 Å². The second-order valence-corrected chi connectivity index (χ2v) is 5.22. The Morgan fingerprint density at radius 3 is 2.67 bits per heavy atom. The van der Waals surface area contributed by atoms with Crippen molar-refractivity contribution in [2.45, 2.75) is 25.1 Å². The Kier molecular flexibility index (Phi) is 4.64. The van der Waals surface area contributed by atoms with Crippen LogP contribution in [-0.2, 0) is 5.75 Å². The number of rotatable bonds is 5. The summed E-state index contributed by atoms with van der Waals surface area (Å²) in [5, 5.41) is 9.01. The zero-order chi connectivity index (χ0) is 11.3. The van der Waals surface area contributed by atoms with Crippen molar-refractivity contribution in [3.05, 3.63) is 35.4 Å². The van der Waals surface area contributed by atoms with Gasteiger partial charge in [0, 0.05) is 17.0 Å². The molecule has 0 radical (unpaired) electrons. The zero-order valence-electron chi connectivity index (χ0n) is 9.36. The first-order valence-corrected chi connectivity index (χ1v) is 6.22. The summed E-state index contributed by atoms with van der Waals surface area (Å²) in [5.41, 5.74) is 8.04. The van der Waals surface area contributed by atoms with Crippen LogP contribution in [0.3, 0.4) is 0 Å². The largest absolute Gasteiger partial charge is 0.394 e. The quantitative estimate of drug-likeness (QED) is 0.805. The van der Waals surface area contributed by atoms with E-state index in [9.17, 15) is 0 Å². The average Bonchev–Trinajstić information content (AvgIpc) is 2.21. The molecule has 2 nitrogen and oxygen atoms in total. The Labute approximate surface area is 95.9 Å². The Hall–Kier alpha value is -0.510. The van der Waals surface area contributed by atoms with Crippen molar-refractivity contribution >= 4 is 11.8 Å². The summed E-state index contributed by atoms with van der Waals surface area (Å²) in [4.78, 5) is 0. The molecule has 0 heterocycles. The number of hydrogen-bond donors (Lipinski definition) is 2. The Morgan fingerprint density at radius 2 is 2.07 bits per heavy atom. The molecule has 3 N–H and O–H groups in total. The van der Waals surface area contributed by atoms with Gasteiger partial charge in [-0.2, -0.15) is 11.8 Å². The van der Waals surface area contributed by atoms with E-state index in [-0.39, 0.29) is 6.61 Å². The number of nitrogens with two attached hydrogens (primary N) is 1. The predicted molar refractivity (Wildman–Crippen MR) is 67.0 cm³/mol. The van der Waals surface area contributed by atoms with Crippen LogP contribution in [0.5, 0.6) is 0 Å². The maximum Gasteiger partial charge on any atom is 0.0616 e. The second-order valence-electron chi connectivity index (χ2n) is 4.23. The molecular formula is C12H19NOS. The molecule has 1 aromatic rings. The highest BCUT2D eigenvalue weighted by atomic mass is 32.2. The predicted octanol–water partition coefficient (Wildman–Crippen LogP) is 1.94. The number of benzene rings is 1. The Bertz CT molecular complexity index is 312. The van der Waals surface area contributed by atoms with Crippen molar-refractivity contribution < 1.29 is 5.11 Å². The lowest BCUT2D eigenvalue weighted by atomic mass is 10.1. The van der Waals surface area contributed by atoms with Gasteiger partial charge in [0.2, 0.25) is 0 Å². The standard InChI is InChI=1S/C12H19NOS/c1-10-5-3-4-6-11(10)7-15-9-12(2,13)8-14/h3-6,14H,7-9,13H2,1-2H3. The van der Waals surface area contributed by atoms with Crippen molar-refractivity contribution in [2.75, 3.05) is 12.4 Å². The number of thioether (sulfide) groups is 1. The molecule has 0 spiro atoms. The van der Waals surface area contributed by atoms with E-state index in [0.717, 1.165) is 11.5 Å². The van der Waals surface area contributed by atoms with Crippen molar-refractivity contribution in [1.29, 1.82) is 0 Å². The van der Waals surface area contributed by atoms with E-state index in [1.54, 1.807) is 11.8 Å². The van der Waals surface area contributed by atoms with Gasteiger partial charge in [-0.1, -0.05) is 24.3 Å². The third-order valence-corrected chi connectivity index (χ3v) is 3.69. The molecule has 84 valence electrons. The monoisotopic (exact) mass is 225 g/mol. The molecule has 0 aliphatic heterocycles. The first-order valence-electron chi connectivity index (χ1n) is 5.07. The van der Waals surface area contributed by atoms with Crippen molar-refractivity contribution in [3.63, 3.8) is 0 Å². The summed E-state index contributed by atoms with van der Waals surface area (Å²) in [7, 11) is 0. The smallest absolute Gasteiger partial charge is 0.0616 e. The molecule has 3 heteroatoms. The minimum Gasteiger partial charge on any atom is -0.394 e. The first kappa shape index (κ1) is 12.6. The molecule has 0 saturated heterocycles. The molecule has 1 unspecified atom stereocenters. The molecule has 0 aliphatic rings. The summed E-state index contributed by atoms with van der Waals surface area (Å²) >= 11 is 1.77. The summed E-state index contributed by atoms with van der Waals surface area (Å²) in [6.45, 7) is 4.02. The minimum absolute atomic E-state index is 0.0355. The van der Waals surface area contributed by atoms with E-state index >= 15 is 0 Å². The van der Waals surface area contributed by atoms with E-state index < -0.39 is 5.54 Å². The topological polar surface area (TPSA) is 46.2 Å². The molecule has 0 aromatic heterocycles. The van der Waals surface area contributed by atoms with Crippen LogP contribution < -0.4 is 5.73 Å². The molecule has 1 aromatic carbocycles. The van der Waals surface area contributed by atoms with Gasteiger partial charge < -0.3 is 10.8 Å². The molecule has 15 heavy (non-hydrogen) atoms. The minimum atomic E-state index is -0.465. The van der Waals surface area contributed by atoms with Gasteiger partial charge in [-0.05, 0) is 25.0 Å². The summed E-state index contributed by atoms with van der Waals surface area (Å²) in [5.74, 6) is 1.73. The van der Waals surface area contributed by atoms with Crippen LogP contribution in [-0.4, -0.2) is 23.0 Å². The molecule has 1 atom stereocenters. The molecule has 0 fully saturated rings. The molecule has 0 bridgehead atoms. The van der Waals surface area contributed by atoms with Crippen LogP contribution in [0.2, 0.25) is 0 Å². The molecular weight excluding hydrogens is 206 g/mol. The molecule has 1 rings (SSSR count). The third-order valence-electron chi connectivity index (χ3n) is 2.31. The maximum absolute atomic E-state index is 9.01. The van der Waals surface area contributed by atoms with E-state index in [1.807, 2.05) is 13.0 Å². The fourth-order valence-corrected chi connectivity index (χ4v) is 2.42. The van der Waals surface area contributed by atoms with Crippen LogP contribution in [0.1, 0.15) is 18.1 Å². The zero-order valence-corrected chi connectivity index (χ0v) is 10.2. The van der Waals surface area contributed by atoms with Crippen molar-refractivity contribution in [3.8, 4) is 0 Å². The van der Waals surface area contributed by atoms with Crippen molar-refractivity contribution in [2.24, 2.45) is 5.73 Å². The van der Waals surface area contributed by atoms with Gasteiger partial charge in [-0.3, -0.25) is 0 Å². The van der Waals surface area contributed by atoms with E-state index in [1.165, 1.54) is 11.1 Å². The van der Waals surface area contributed by atoms with Crippen LogP contribution in [0.25, 0.3) is 0 Å². The van der Waals surface area contributed by atoms with E-state index in [2.05, 4.69) is 25.1 Å². The van der Waals surface area contributed by atoms with Crippen LogP contribution in [0.4, 0.5) is 0 Å². The summed E-state index contributed by atoms with van der Waals surface area (Å²) in [6.07, 6.45) is 0. The van der Waals surface area contributed by atoms with Gasteiger partial charge in [0.1, 0.15) is 0 Å². The second kappa shape index (κ2) is 5.54. The summed E-state index contributed by atoms with van der Waals surface area (Å²) < 4.78 is 0. The lowest BCUT2D eigenvalue weighted by Gasteiger charge is -2.21. The number of aliphatic hydroxyl groups excluding tert-OH is 1. The normalized spacial score (nSPS) is 14.9. The summed E-state index contributed by atoms with van der Waals surface area (Å²) in [6, 6.07) is 8.35. The fraction of sp³-hybridized carbons (Fsp3) is 0.500. The fourth-order valence-electron chi connectivity index (χ4n) is 1.21. The van der Waals surface area contributed by atoms with E-state index in [0.29, 0.717) is 0 Å². The highest BCUT2D eigenvalue weighted by Gasteiger charge is 2.16. The van der Waals surface area contributed by atoms with Gasteiger partial charge in [0.25, 0.3) is 0 Å². The first-order chi connectivity index (χ1) is 7.05. The molecule has 0 aliphatic carbocycles. The lowest BCUT2D eigenvalue weighted by Crippen LogP contribution is -2.42. The van der Waals surface area contributed by atoms with Gasteiger partial charge >= 0.3 is 0 Å². The van der Waals surface area contributed by atoms with Gasteiger partial charge in [0.05, 0.1) is 6.61 Å². The molecule has 0 saturated carbocycles. The van der Waals surface area contributed by atoms with Crippen LogP contribution in [0, 0.1) is 6.92 Å². The molecule has 0 amide bonds. The highest BCUT2D eigenvalue weighted by molar-refractivity contribution is 7.98. The lowest BCUT2D eigenvalue weighted by molar-refractivity contribution is 0.224. The highest BCUT2D eigenvalue weighted by Crippen LogP contribution is 2.18. The van der Waals surface area contributed by atoms with Crippen LogP contribution in [0.15, 0.2) is 24.3 Å². The Morgan fingerprint density at radius 1 is 1.40 bits per heavy atom.